The van der Waals surface area contributed by atoms with Crippen molar-refractivity contribution in [2.45, 2.75) is 45.4 Å². The van der Waals surface area contributed by atoms with Crippen LogP contribution < -0.4 is 4.90 Å². The van der Waals surface area contributed by atoms with E-state index in [0.29, 0.717) is 0 Å². The normalized spacial score (nSPS) is 13.3. The van der Waals surface area contributed by atoms with Crippen molar-refractivity contribution in [2.75, 3.05) is 4.90 Å². The summed E-state index contributed by atoms with van der Waals surface area (Å²) in [6.45, 7) is 11.5. The lowest BCUT2D eigenvalue weighted by atomic mass is 9.73. The van der Waals surface area contributed by atoms with Crippen molar-refractivity contribution in [2.24, 2.45) is 0 Å². The summed E-state index contributed by atoms with van der Waals surface area (Å²) < 4.78 is 4.51. The van der Waals surface area contributed by atoms with E-state index in [1.165, 1.54) is 27.5 Å². The van der Waals surface area contributed by atoms with E-state index in [9.17, 15) is 0 Å². The maximum absolute atomic E-state index is 5.55. The number of fused-ring (bicyclic) bond motifs is 5. The van der Waals surface area contributed by atoms with E-state index in [0.717, 1.165) is 73.2 Å². The Bertz CT molecular complexity index is 3300. The predicted octanol–water partition coefficient (Wildman–Crippen LogP) is 14.8. The number of nitrogens with zero attached hydrogens (tertiary/aromatic N) is 5. The maximum atomic E-state index is 5.55. The van der Waals surface area contributed by atoms with Crippen LogP contribution in [0.2, 0.25) is 0 Å². The highest BCUT2D eigenvalue weighted by atomic mass is 15.3. The molecule has 4 heterocycles. The minimum absolute atomic E-state index is 0.0218. The molecule has 5 nitrogen and oxygen atoms in total. The van der Waals surface area contributed by atoms with Crippen LogP contribution in [0.3, 0.4) is 0 Å². The van der Waals surface area contributed by atoms with E-state index in [2.05, 4.69) is 237 Å². The molecular weight excluding hydrogens is 755 g/mol. The number of aromatic nitrogens is 4. The van der Waals surface area contributed by atoms with Crippen LogP contribution in [0.5, 0.6) is 0 Å². The molecule has 10 aromatic rings. The van der Waals surface area contributed by atoms with Gasteiger partial charge in [0, 0.05) is 44.8 Å². The van der Waals surface area contributed by atoms with Gasteiger partial charge >= 0.3 is 0 Å². The third-order valence-corrected chi connectivity index (χ3v) is 12.8. The molecule has 0 aliphatic carbocycles. The summed E-state index contributed by atoms with van der Waals surface area (Å²) in [5.74, 6) is 0.916. The Balaban J connectivity index is 1.17. The molecule has 0 radical (unpaired) electrons. The standard InChI is InChI=1S/C57H47N5/c1-56(2,3)41-33-34-58-52(35-41)61-48-27-17-15-25-44(48)45-31-29-42(36-50(45)61)60-49-28-18-16-26-46(49)57(4,5)47-32-30-43(37-51(47)60)62-55(40-23-13-8-14-24-40)53(38-19-9-6-10-20-38)54(59-62)39-21-11-7-12-22-39/h6-37H,1-5H3. The van der Waals surface area contributed by atoms with Crippen LogP contribution in [-0.2, 0) is 10.8 Å². The number of para-hydroxylation sites is 2. The maximum Gasteiger partial charge on any atom is 0.137 e. The summed E-state index contributed by atoms with van der Waals surface area (Å²) in [7, 11) is 0. The van der Waals surface area contributed by atoms with Gasteiger partial charge in [0.05, 0.1) is 33.8 Å². The second-order valence-electron chi connectivity index (χ2n) is 18.0. The Morgan fingerprint density at radius 3 is 1.85 bits per heavy atom. The molecule has 0 spiro atoms. The summed E-state index contributed by atoms with van der Waals surface area (Å²) >= 11 is 0. The first kappa shape index (κ1) is 37.5. The molecule has 300 valence electrons. The Labute approximate surface area is 363 Å². The number of pyridine rings is 1. The fourth-order valence-electron chi connectivity index (χ4n) is 9.61. The fraction of sp³-hybridized carbons (Fsp3) is 0.123. The lowest BCUT2D eigenvalue weighted by molar-refractivity contribution is 0.588. The second kappa shape index (κ2) is 14.3. The third-order valence-electron chi connectivity index (χ3n) is 12.8. The summed E-state index contributed by atoms with van der Waals surface area (Å²) in [5.41, 5.74) is 16.5. The number of anilines is 3. The van der Waals surface area contributed by atoms with E-state index in [-0.39, 0.29) is 10.8 Å². The summed E-state index contributed by atoms with van der Waals surface area (Å²) in [6.07, 6.45) is 1.95. The first-order valence-electron chi connectivity index (χ1n) is 21.5. The molecule has 0 amide bonds. The van der Waals surface area contributed by atoms with Crippen molar-refractivity contribution >= 4 is 38.9 Å². The lowest BCUT2D eigenvalue weighted by Gasteiger charge is -2.42. The first-order valence-corrected chi connectivity index (χ1v) is 21.5. The average Bonchev–Trinajstić information content (AvgIpc) is 3.87. The van der Waals surface area contributed by atoms with Gasteiger partial charge in [-0.05, 0) is 76.2 Å². The zero-order chi connectivity index (χ0) is 42.2. The van der Waals surface area contributed by atoms with Crippen molar-refractivity contribution in [3.63, 3.8) is 0 Å². The zero-order valence-corrected chi connectivity index (χ0v) is 35.7. The molecule has 0 saturated heterocycles. The summed E-state index contributed by atoms with van der Waals surface area (Å²) in [5, 5.41) is 7.95. The van der Waals surface area contributed by atoms with Crippen molar-refractivity contribution in [1.82, 2.24) is 19.3 Å². The number of hydrogen-bond acceptors (Lipinski definition) is 3. The van der Waals surface area contributed by atoms with Gasteiger partial charge in [-0.1, -0.05) is 174 Å². The average molecular weight is 802 g/mol. The van der Waals surface area contributed by atoms with E-state index in [1.807, 2.05) is 6.20 Å². The molecule has 0 bridgehead atoms. The minimum Gasteiger partial charge on any atom is -0.310 e. The molecule has 7 aromatic carbocycles. The van der Waals surface area contributed by atoms with Crippen molar-refractivity contribution in [1.29, 1.82) is 0 Å². The third kappa shape index (κ3) is 5.99. The highest BCUT2D eigenvalue weighted by molar-refractivity contribution is 6.10. The molecule has 11 rings (SSSR count). The monoisotopic (exact) mass is 801 g/mol. The van der Waals surface area contributed by atoms with Gasteiger partial charge < -0.3 is 4.90 Å². The number of rotatable bonds is 6. The molecule has 0 atom stereocenters. The van der Waals surface area contributed by atoms with Crippen molar-refractivity contribution < 1.29 is 0 Å². The van der Waals surface area contributed by atoms with Gasteiger partial charge in [-0.15, -0.1) is 0 Å². The summed E-state index contributed by atoms with van der Waals surface area (Å²) in [4.78, 5) is 7.46. The highest BCUT2D eigenvalue weighted by Crippen LogP contribution is 2.53. The number of hydrogen-bond donors (Lipinski definition) is 0. The molecule has 0 saturated carbocycles. The van der Waals surface area contributed by atoms with E-state index < -0.39 is 0 Å². The van der Waals surface area contributed by atoms with Crippen LogP contribution in [-0.4, -0.2) is 19.3 Å². The number of benzene rings is 7. The van der Waals surface area contributed by atoms with Crippen LogP contribution >= 0.6 is 0 Å². The Morgan fingerprint density at radius 1 is 0.500 bits per heavy atom. The van der Waals surface area contributed by atoms with Gasteiger partial charge in [0.1, 0.15) is 11.5 Å². The lowest BCUT2D eigenvalue weighted by Crippen LogP contribution is -2.30. The van der Waals surface area contributed by atoms with Crippen LogP contribution in [0.4, 0.5) is 17.1 Å². The SMILES string of the molecule is CC(C)(C)c1ccnc(-n2c3ccccc3c3ccc(N4c5ccccc5C(C)(C)c5ccc(-n6nc(-c7ccccc7)c(-c7ccccc7)c6-c6ccccc6)cc54)cc32)c1. The molecule has 1 aliphatic heterocycles. The predicted molar refractivity (Wildman–Crippen MR) is 258 cm³/mol. The largest absolute Gasteiger partial charge is 0.310 e. The van der Waals surface area contributed by atoms with Gasteiger partial charge in [-0.2, -0.15) is 5.10 Å². The highest BCUT2D eigenvalue weighted by Gasteiger charge is 2.37. The van der Waals surface area contributed by atoms with Crippen LogP contribution in [0.15, 0.2) is 194 Å². The molecular formula is C57H47N5. The van der Waals surface area contributed by atoms with Crippen LogP contribution in [0.1, 0.15) is 51.3 Å². The van der Waals surface area contributed by atoms with Crippen LogP contribution in [0, 0.1) is 0 Å². The van der Waals surface area contributed by atoms with Gasteiger partial charge in [0.15, 0.2) is 0 Å². The fourth-order valence-corrected chi connectivity index (χ4v) is 9.61. The van der Waals surface area contributed by atoms with Gasteiger partial charge in [-0.3, -0.25) is 4.57 Å². The molecule has 3 aromatic heterocycles. The summed E-state index contributed by atoms with van der Waals surface area (Å²) in [6, 6.07) is 67.8. The smallest absolute Gasteiger partial charge is 0.137 e. The van der Waals surface area contributed by atoms with Crippen molar-refractivity contribution in [3.05, 3.63) is 211 Å². The van der Waals surface area contributed by atoms with Gasteiger partial charge in [-0.25, -0.2) is 9.67 Å². The Hall–Kier alpha value is -7.50. The van der Waals surface area contributed by atoms with E-state index >= 15 is 0 Å². The molecule has 62 heavy (non-hydrogen) atoms. The van der Waals surface area contributed by atoms with Crippen molar-refractivity contribution in [3.8, 4) is 45.1 Å². The topological polar surface area (TPSA) is 38.9 Å². The second-order valence-corrected chi connectivity index (χ2v) is 18.0. The molecule has 0 fully saturated rings. The Kier molecular flexibility index (Phi) is 8.66. The molecule has 1 aliphatic rings. The van der Waals surface area contributed by atoms with E-state index in [4.69, 9.17) is 10.1 Å². The van der Waals surface area contributed by atoms with Gasteiger partial charge in [0.25, 0.3) is 0 Å². The molecule has 5 heteroatoms. The zero-order valence-electron chi connectivity index (χ0n) is 35.7. The van der Waals surface area contributed by atoms with Gasteiger partial charge in [0.2, 0.25) is 0 Å². The van der Waals surface area contributed by atoms with E-state index in [1.54, 1.807) is 0 Å². The quantitative estimate of drug-likeness (QED) is 0.168. The molecule has 0 unspecified atom stereocenters. The first-order chi connectivity index (χ1) is 30.2. The molecule has 0 N–H and O–H groups in total. The van der Waals surface area contributed by atoms with Crippen LogP contribution in [0.25, 0.3) is 67.0 Å². The minimum atomic E-state index is -0.270. The Morgan fingerprint density at radius 2 is 1.11 bits per heavy atom.